The Morgan fingerprint density at radius 3 is 2.72 bits per heavy atom. The maximum atomic E-state index is 15.7. The number of hydrogen-bond donors (Lipinski definition) is 1. The van der Waals surface area contributed by atoms with E-state index in [2.05, 4.69) is 4.90 Å². The Labute approximate surface area is 222 Å². The van der Waals surface area contributed by atoms with Gasteiger partial charge < -0.3 is 24.4 Å². The Balaban J connectivity index is 1.56. The number of halogens is 2. The zero-order valence-corrected chi connectivity index (χ0v) is 21.1. The summed E-state index contributed by atoms with van der Waals surface area (Å²) in [4.78, 5) is 29.6. The second kappa shape index (κ2) is 8.70. The van der Waals surface area contributed by atoms with Gasteiger partial charge >= 0.3 is 0 Å². The molecule has 0 aliphatic carbocycles. The molecule has 1 amide bonds. The van der Waals surface area contributed by atoms with Crippen molar-refractivity contribution in [2.75, 3.05) is 36.3 Å². The third-order valence-corrected chi connectivity index (χ3v) is 8.25. The lowest BCUT2D eigenvalue weighted by Gasteiger charge is -2.51. The Bertz CT molecular complexity index is 1580. The summed E-state index contributed by atoms with van der Waals surface area (Å²) in [5.41, 5.74) is 1.38. The molecule has 5 heterocycles. The predicted molar refractivity (Wildman–Crippen MR) is 137 cm³/mol. The first kappa shape index (κ1) is 24.0. The minimum absolute atomic E-state index is 0.0719. The second-order valence-corrected chi connectivity index (χ2v) is 10.2. The molecule has 0 spiro atoms. The molecule has 3 aromatic rings. The first-order valence-corrected chi connectivity index (χ1v) is 13.0. The van der Waals surface area contributed by atoms with E-state index in [9.17, 15) is 19.1 Å². The van der Waals surface area contributed by atoms with E-state index in [1.54, 1.807) is 11.0 Å². The van der Waals surface area contributed by atoms with Gasteiger partial charge in [0.1, 0.15) is 24.6 Å². The van der Waals surface area contributed by atoms with Crippen LogP contribution >= 0.6 is 0 Å². The summed E-state index contributed by atoms with van der Waals surface area (Å²) in [6, 6.07) is 8.67. The third kappa shape index (κ3) is 3.32. The molecule has 3 unspecified atom stereocenters. The number of para-hydroxylation sites is 1. The van der Waals surface area contributed by atoms with Crippen LogP contribution in [0.4, 0.5) is 14.5 Å². The number of hydrogen-bond acceptors (Lipinski definition) is 7. The SMILES string of the molecule is CCC1COc2cccc3c2N1Cc1c(ccc(F)c1F)C3N1C2COCCN2C(=O)c2c(O)c(=O)ccn21. The minimum Gasteiger partial charge on any atom is -0.502 e. The number of aromatic nitrogens is 1. The number of benzene rings is 2. The smallest absolute Gasteiger partial charge is 0.278 e. The number of amides is 1. The standard InChI is InChI=1S/C28H26F2N4O5/c1-2-15-13-39-21-5-3-4-17-24(16-6-7-19(29)23(30)18(16)12-32(15)25(17)21)34-22-14-38-11-10-31(22)28(37)26-27(36)20(35)8-9-33(26)34/h3-9,15,22,24,36H,2,10-14H2,1H3. The number of aromatic hydroxyl groups is 1. The largest absolute Gasteiger partial charge is 0.502 e. The Hall–Kier alpha value is -4.12. The zero-order chi connectivity index (χ0) is 27.0. The lowest BCUT2D eigenvalue weighted by Crippen LogP contribution is -2.66. The summed E-state index contributed by atoms with van der Waals surface area (Å²) < 4.78 is 43.8. The molecule has 39 heavy (non-hydrogen) atoms. The highest BCUT2D eigenvalue weighted by Crippen LogP contribution is 2.49. The summed E-state index contributed by atoms with van der Waals surface area (Å²) in [6.45, 7) is 3.22. The molecule has 4 aliphatic heterocycles. The number of carbonyl (C=O) groups excluding carboxylic acids is 1. The van der Waals surface area contributed by atoms with Crippen LogP contribution in [0.1, 0.15) is 46.6 Å². The van der Waals surface area contributed by atoms with Gasteiger partial charge in [0.15, 0.2) is 23.1 Å². The number of ether oxygens (including phenoxy) is 2. The van der Waals surface area contributed by atoms with Crippen molar-refractivity contribution in [2.45, 2.75) is 38.1 Å². The minimum atomic E-state index is -0.946. The van der Waals surface area contributed by atoms with Crippen LogP contribution in [-0.4, -0.2) is 59.2 Å². The lowest BCUT2D eigenvalue weighted by atomic mass is 9.92. The third-order valence-electron chi connectivity index (χ3n) is 8.25. The van der Waals surface area contributed by atoms with Gasteiger partial charge in [-0.3, -0.25) is 19.3 Å². The molecule has 7 rings (SSSR count). The fourth-order valence-electron chi connectivity index (χ4n) is 6.37. The Morgan fingerprint density at radius 1 is 1.05 bits per heavy atom. The number of anilines is 1. The fraction of sp³-hybridized carbons (Fsp3) is 0.357. The highest BCUT2D eigenvalue weighted by atomic mass is 19.2. The molecule has 9 nitrogen and oxygen atoms in total. The van der Waals surface area contributed by atoms with Gasteiger partial charge in [-0.25, -0.2) is 8.78 Å². The molecule has 4 aliphatic rings. The molecule has 3 atom stereocenters. The van der Waals surface area contributed by atoms with Crippen molar-refractivity contribution in [1.29, 1.82) is 0 Å². The first-order chi connectivity index (χ1) is 18.9. The molecule has 2 aromatic carbocycles. The van der Waals surface area contributed by atoms with Crippen LogP contribution in [-0.2, 0) is 11.3 Å². The zero-order valence-electron chi connectivity index (χ0n) is 21.1. The molecule has 1 saturated heterocycles. The number of morpholine rings is 1. The molecule has 11 heteroatoms. The molecule has 202 valence electrons. The monoisotopic (exact) mass is 536 g/mol. The van der Waals surface area contributed by atoms with Crippen molar-refractivity contribution >= 4 is 11.6 Å². The van der Waals surface area contributed by atoms with Crippen LogP contribution in [0.15, 0.2) is 47.4 Å². The van der Waals surface area contributed by atoms with Gasteiger partial charge in [-0.1, -0.05) is 25.1 Å². The van der Waals surface area contributed by atoms with Gasteiger partial charge in [0.05, 0.1) is 24.9 Å². The summed E-state index contributed by atoms with van der Waals surface area (Å²) in [5, 5.41) is 12.6. The van der Waals surface area contributed by atoms with E-state index in [1.807, 2.05) is 30.1 Å². The second-order valence-electron chi connectivity index (χ2n) is 10.2. The Kier molecular flexibility index (Phi) is 5.35. The molecule has 1 fully saturated rings. The van der Waals surface area contributed by atoms with E-state index in [-0.39, 0.29) is 43.6 Å². The first-order valence-electron chi connectivity index (χ1n) is 13.0. The Morgan fingerprint density at radius 2 is 1.90 bits per heavy atom. The van der Waals surface area contributed by atoms with Crippen molar-refractivity contribution in [3.05, 3.63) is 86.8 Å². The molecule has 0 saturated carbocycles. The quantitative estimate of drug-likeness (QED) is 0.539. The highest BCUT2D eigenvalue weighted by molar-refractivity contribution is 5.96. The van der Waals surface area contributed by atoms with E-state index in [0.717, 1.165) is 23.7 Å². The molecular weight excluding hydrogens is 510 g/mol. The van der Waals surface area contributed by atoms with Gasteiger partial charge in [-0.2, -0.15) is 0 Å². The van der Waals surface area contributed by atoms with Gasteiger partial charge in [0.2, 0.25) is 5.43 Å². The van der Waals surface area contributed by atoms with Crippen LogP contribution < -0.4 is 20.1 Å². The van der Waals surface area contributed by atoms with Crippen LogP contribution in [0.3, 0.4) is 0 Å². The summed E-state index contributed by atoms with van der Waals surface area (Å²) in [6.07, 6.45) is 1.51. The van der Waals surface area contributed by atoms with Crippen LogP contribution in [0.2, 0.25) is 0 Å². The highest BCUT2D eigenvalue weighted by Gasteiger charge is 2.47. The van der Waals surface area contributed by atoms with E-state index in [1.165, 1.54) is 16.9 Å². The summed E-state index contributed by atoms with van der Waals surface area (Å²) in [7, 11) is 0. The van der Waals surface area contributed by atoms with Crippen molar-refractivity contribution in [3.63, 3.8) is 0 Å². The van der Waals surface area contributed by atoms with Gasteiger partial charge in [-0.05, 0) is 24.1 Å². The molecule has 1 aromatic heterocycles. The number of fused-ring (bicyclic) bond motifs is 3. The van der Waals surface area contributed by atoms with Crippen LogP contribution in [0, 0.1) is 11.6 Å². The number of nitrogens with zero attached hydrogens (tertiary/aromatic N) is 4. The molecular formula is C28H26F2N4O5. The van der Waals surface area contributed by atoms with Crippen molar-refractivity contribution in [1.82, 2.24) is 9.58 Å². The molecule has 0 radical (unpaired) electrons. The topological polar surface area (TPSA) is 87.5 Å². The van der Waals surface area contributed by atoms with Crippen molar-refractivity contribution in [3.8, 4) is 11.5 Å². The maximum Gasteiger partial charge on any atom is 0.278 e. The van der Waals surface area contributed by atoms with Gasteiger partial charge in [0, 0.05) is 36.5 Å². The van der Waals surface area contributed by atoms with Crippen molar-refractivity contribution in [2.24, 2.45) is 0 Å². The van der Waals surface area contributed by atoms with E-state index >= 15 is 4.39 Å². The van der Waals surface area contributed by atoms with Crippen LogP contribution in [0.5, 0.6) is 11.5 Å². The van der Waals surface area contributed by atoms with Crippen molar-refractivity contribution < 1.29 is 28.2 Å². The average molecular weight is 537 g/mol. The number of rotatable bonds is 2. The van der Waals surface area contributed by atoms with E-state index in [0.29, 0.717) is 17.9 Å². The number of carbonyl (C=O) groups is 1. The van der Waals surface area contributed by atoms with E-state index < -0.39 is 40.9 Å². The molecule has 1 N–H and O–H groups in total. The predicted octanol–water partition coefficient (Wildman–Crippen LogP) is 2.86. The average Bonchev–Trinajstić information content (AvgIpc) is 3.10. The lowest BCUT2D eigenvalue weighted by molar-refractivity contribution is -0.0197. The van der Waals surface area contributed by atoms with Gasteiger partial charge in [0.25, 0.3) is 5.91 Å². The van der Waals surface area contributed by atoms with E-state index in [4.69, 9.17) is 9.47 Å². The van der Waals surface area contributed by atoms with Crippen LogP contribution in [0.25, 0.3) is 0 Å². The normalized spacial score (nSPS) is 23.3. The summed E-state index contributed by atoms with van der Waals surface area (Å²) in [5.74, 6) is -2.41. The fourth-order valence-corrected chi connectivity index (χ4v) is 6.37. The number of pyridine rings is 1. The molecule has 0 bridgehead atoms. The summed E-state index contributed by atoms with van der Waals surface area (Å²) >= 11 is 0. The van der Waals surface area contributed by atoms with Gasteiger partial charge in [-0.15, -0.1) is 0 Å². The maximum absolute atomic E-state index is 15.7.